The van der Waals surface area contributed by atoms with Crippen molar-refractivity contribution in [1.82, 2.24) is 20.4 Å². The van der Waals surface area contributed by atoms with Crippen molar-refractivity contribution in [2.45, 2.75) is 18.5 Å². The predicted octanol–water partition coefficient (Wildman–Crippen LogP) is 3.94. The molecule has 0 aliphatic carbocycles. The summed E-state index contributed by atoms with van der Waals surface area (Å²) in [6, 6.07) is 23.5. The number of amides is 3. The van der Waals surface area contributed by atoms with Gasteiger partial charge in [-0.2, -0.15) is 4.98 Å². The topological polar surface area (TPSA) is 107 Å². The Morgan fingerprint density at radius 2 is 1.67 bits per heavy atom. The number of methoxy groups -OCH3 is 2. The third-order valence-electron chi connectivity index (χ3n) is 6.17. The average molecular weight is 485 g/mol. The third-order valence-corrected chi connectivity index (χ3v) is 6.17. The molecule has 1 aliphatic rings. The highest BCUT2D eigenvalue weighted by Crippen LogP contribution is 2.35. The lowest BCUT2D eigenvalue weighted by Gasteiger charge is -2.27. The number of nitrogens with zero attached hydrogens (tertiary/aromatic N) is 3. The molecule has 0 unspecified atom stereocenters. The molecule has 3 aromatic carbocycles. The van der Waals surface area contributed by atoms with Gasteiger partial charge in [0.1, 0.15) is 18.0 Å². The van der Waals surface area contributed by atoms with Crippen molar-refractivity contribution in [3.8, 4) is 22.9 Å². The summed E-state index contributed by atoms with van der Waals surface area (Å²) in [4.78, 5) is 32.4. The van der Waals surface area contributed by atoms with E-state index in [1.807, 2.05) is 60.7 Å². The first-order valence-electron chi connectivity index (χ1n) is 11.3. The van der Waals surface area contributed by atoms with E-state index in [0.29, 0.717) is 29.0 Å². The second-order valence-electron chi connectivity index (χ2n) is 8.33. The molecule has 3 amide bonds. The van der Waals surface area contributed by atoms with Crippen molar-refractivity contribution < 1.29 is 23.6 Å². The van der Waals surface area contributed by atoms with E-state index in [2.05, 4.69) is 15.5 Å². The van der Waals surface area contributed by atoms with E-state index in [0.717, 1.165) is 10.5 Å². The number of carbonyl (C=O) groups excluding carboxylic acids is 2. The minimum absolute atomic E-state index is 0.120. The van der Waals surface area contributed by atoms with Crippen molar-refractivity contribution in [2.24, 2.45) is 0 Å². The van der Waals surface area contributed by atoms with Gasteiger partial charge in [0.05, 0.1) is 19.8 Å². The zero-order chi connectivity index (χ0) is 25.1. The van der Waals surface area contributed by atoms with Crippen LogP contribution in [0.1, 0.15) is 17.0 Å². The normalized spacial score (nSPS) is 17.2. The fourth-order valence-electron chi connectivity index (χ4n) is 4.36. The Morgan fingerprint density at radius 3 is 2.36 bits per heavy atom. The van der Waals surface area contributed by atoms with E-state index in [-0.39, 0.29) is 24.2 Å². The maximum Gasteiger partial charge on any atom is 0.325 e. The summed E-state index contributed by atoms with van der Waals surface area (Å²) in [7, 11) is 3.09. The van der Waals surface area contributed by atoms with E-state index in [1.165, 1.54) is 7.11 Å². The predicted molar refractivity (Wildman–Crippen MR) is 130 cm³/mol. The van der Waals surface area contributed by atoms with Crippen LogP contribution in [0.2, 0.25) is 0 Å². The van der Waals surface area contributed by atoms with Gasteiger partial charge in [-0.05, 0) is 23.3 Å². The molecule has 1 fully saturated rings. The molecule has 5 rings (SSSR count). The zero-order valence-corrected chi connectivity index (χ0v) is 19.8. The highest BCUT2D eigenvalue weighted by molar-refractivity contribution is 6.07. The number of urea groups is 1. The van der Waals surface area contributed by atoms with Crippen molar-refractivity contribution >= 4 is 11.9 Å². The van der Waals surface area contributed by atoms with Crippen LogP contribution in [-0.4, -0.2) is 41.2 Å². The summed E-state index contributed by atoms with van der Waals surface area (Å²) < 4.78 is 16.1. The number of hydrogen-bond donors (Lipinski definition) is 1. The Labute approximate surface area is 207 Å². The summed E-state index contributed by atoms with van der Waals surface area (Å²) in [5.74, 6) is 1.13. The Hall–Kier alpha value is -4.66. The highest BCUT2D eigenvalue weighted by atomic mass is 16.5. The lowest BCUT2D eigenvalue weighted by molar-refractivity contribution is -0.132. The van der Waals surface area contributed by atoms with Crippen molar-refractivity contribution in [2.75, 3.05) is 14.2 Å². The zero-order valence-electron chi connectivity index (χ0n) is 19.8. The van der Waals surface area contributed by atoms with Crippen LogP contribution in [0.25, 0.3) is 11.4 Å². The molecular formula is C27H24N4O5. The molecule has 9 nitrogen and oxygen atoms in total. The quantitative estimate of drug-likeness (QED) is 0.378. The molecule has 1 N–H and O–H groups in total. The minimum Gasteiger partial charge on any atom is -0.497 e. The van der Waals surface area contributed by atoms with Gasteiger partial charge in [0.15, 0.2) is 5.54 Å². The van der Waals surface area contributed by atoms with Gasteiger partial charge in [0.2, 0.25) is 11.7 Å². The molecule has 4 aromatic rings. The van der Waals surface area contributed by atoms with Crippen LogP contribution in [-0.2, 0) is 23.3 Å². The molecule has 36 heavy (non-hydrogen) atoms. The molecule has 1 saturated heterocycles. The second-order valence-corrected chi connectivity index (χ2v) is 8.33. The van der Waals surface area contributed by atoms with Crippen molar-refractivity contribution in [3.05, 3.63) is 95.9 Å². The third kappa shape index (κ3) is 4.15. The van der Waals surface area contributed by atoms with Gasteiger partial charge < -0.3 is 19.3 Å². The van der Waals surface area contributed by atoms with Gasteiger partial charge in [-0.15, -0.1) is 0 Å². The number of benzene rings is 3. The van der Waals surface area contributed by atoms with Gasteiger partial charge in [-0.1, -0.05) is 65.8 Å². The summed E-state index contributed by atoms with van der Waals surface area (Å²) in [5, 5.41) is 6.96. The summed E-state index contributed by atoms with van der Waals surface area (Å²) in [6.45, 7) is -0.167. The van der Waals surface area contributed by atoms with Gasteiger partial charge in [0, 0.05) is 12.5 Å². The first kappa shape index (κ1) is 23.1. The molecule has 2 heterocycles. The molecule has 0 spiro atoms. The van der Waals surface area contributed by atoms with E-state index in [9.17, 15) is 9.59 Å². The van der Waals surface area contributed by atoms with Crippen molar-refractivity contribution in [3.63, 3.8) is 0 Å². The molecule has 1 atom stereocenters. The molecule has 0 radical (unpaired) electrons. The average Bonchev–Trinajstić information content (AvgIpc) is 3.48. The van der Waals surface area contributed by atoms with Gasteiger partial charge >= 0.3 is 6.03 Å². The first-order valence-corrected chi connectivity index (χ1v) is 11.3. The van der Waals surface area contributed by atoms with E-state index in [1.54, 1.807) is 25.3 Å². The Balaban J connectivity index is 1.44. The van der Waals surface area contributed by atoms with Crippen LogP contribution in [0.15, 0.2) is 83.4 Å². The van der Waals surface area contributed by atoms with Crippen LogP contribution in [0.4, 0.5) is 4.79 Å². The molecule has 0 bridgehead atoms. The standard InChI is InChI=1S/C27H24N4O5/c1-34-20-13-14-21(22(15-20)35-2)24-28-23(36-30-24)17-31-25(32)27(29-26(31)33,19-11-7-4-8-12-19)16-18-9-5-3-6-10-18/h3-15H,16-17H2,1-2H3,(H,29,33)/t27-/m0/s1. The maximum absolute atomic E-state index is 13.8. The smallest absolute Gasteiger partial charge is 0.325 e. The number of hydrogen-bond acceptors (Lipinski definition) is 7. The molecular weight excluding hydrogens is 460 g/mol. The number of carbonyl (C=O) groups is 2. The monoisotopic (exact) mass is 484 g/mol. The molecule has 9 heteroatoms. The van der Waals surface area contributed by atoms with E-state index in [4.69, 9.17) is 14.0 Å². The Kier molecular flexibility index (Phi) is 6.12. The summed E-state index contributed by atoms with van der Waals surface area (Å²) in [6.07, 6.45) is 0.303. The molecule has 0 saturated carbocycles. The van der Waals surface area contributed by atoms with Crippen LogP contribution in [0.5, 0.6) is 11.5 Å². The van der Waals surface area contributed by atoms with Gasteiger partial charge in [-0.25, -0.2) is 4.79 Å². The van der Waals surface area contributed by atoms with E-state index < -0.39 is 11.6 Å². The minimum atomic E-state index is -1.25. The molecule has 182 valence electrons. The second kappa shape index (κ2) is 9.53. The summed E-state index contributed by atoms with van der Waals surface area (Å²) in [5.41, 5.74) is 0.961. The number of aromatic nitrogens is 2. The van der Waals surface area contributed by atoms with Crippen LogP contribution in [0, 0.1) is 0 Å². The fraction of sp³-hybridized carbons (Fsp3) is 0.185. The Morgan fingerprint density at radius 1 is 0.944 bits per heavy atom. The number of rotatable bonds is 8. The SMILES string of the molecule is COc1ccc(-c2noc(CN3C(=O)N[C@@](Cc4ccccc4)(c4ccccc4)C3=O)n2)c(OC)c1. The lowest BCUT2D eigenvalue weighted by atomic mass is 9.83. The van der Waals surface area contributed by atoms with Crippen LogP contribution < -0.4 is 14.8 Å². The number of ether oxygens (including phenoxy) is 2. The van der Waals surface area contributed by atoms with Crippen LogP contribution >= 0.6 is 0 Å². The van der Waals surface area contributed by atoms with E-state index >= 15 is 0 Å². The first-order chi connectivity index (χ1) is 17.5. The van der Waals surface area contributed by atoms with Gasteiger partial charge in [0.25, 0.3) is 5.91 Å². The number of nitrogens with one attached hydrogen (secondary N) is 1. The summed E-state index contributed by atoms with van der Waals surface area (Å²) >= 11 is 0. The van der Waals surface area contributed by atoms with Crippen molar-refractivity contribution in [1.29, 1.82) is 0 Å². The maximum atomic E-state index is 13.8. The molecule has 1 aromatic heterocycles. The lowest BCUT2D eigenvalue weighted by Crippen LogP contribution is -2.46. The fourth-order valence-corrected chi connectivity index (χ4v) is 4.36. The van der Waals surface area contributed by atoms with Gasteiger partial charge in [-0.3, -0.25) is 9.69 Å². The van der Waals surface area contributed by atoms with Crippen LogP contribution in [0.3, 0.4) is 0 Å². The highest BCUT2D eigenvalue weighted by Gasteiger charge is 2.52. The molecule has 1 aliphatic heterocycles. The Bertz CT molecular complexity index is 1390. The number of imide groups is 1. The largest absolute Gasteiger partial charge is 0.497 e.